The molecule has 158 valence electrons. The Bertz CT molecular complexity index is 1280. The summed E-state index contributed by atoms with van der Waals surface area (Å²) in [5.41, 5.74) is 4.12. The minimum atomic E-state index is -4.54. The van der Waals surface area contributed by atoms with Gasteiger partial charge in [-0.05, 0) is 55.0 Å². The van der Waals surface area contributed by atoms with Gasteiger partial charge in [-0.2, -0.15) is 18.3 Å². The van der Waals surface area contributed by atoms with E-state index in [-0.39, 0.29) is 16.7 Å². The number of hydrogen-bond donors (Lipinski definition) is 1. The van der Waals surface area contributed by atoms with Crippen LogP contribution < -0.4 is 5.43 Å². The summed E-state index contributed by atoms with van der Waals surface area (Å²) in [6, 6.07) is 11.9. The van der Waals surface area contributed by atoms with Crippen LogP contribution in [0.4, 0.5) is 23.4 Å². The number of anilines is 1. The van der Waals surface area contributed by atoms with Crippen LogP contribution in [0.3, 0.4) is 0 Å². The third kappa shape index (κ3) is 4.36. The summed E-state index contributed by atoms with van der Waals surface area (Å²) in [5, 5.41) is 8.66. The normalized spacial score (nSPS) is 12.4. The van der Waals surface area contributed by atoms with Crippen LogP contribution in [0.15, 0.2) is 64.4 Å². The predicted molar refractivity (Wildman–Crippen MR) is 109 cm³/mol. The molecule has 0 saturated heterocycles. The first kappa shape index (κ1) is 20.8. The third-order valence-electron chi connectivity index (χ3n) is 4.50. The minimum absolute atomic E-state index is 0.00734. The molecule has 2 heterocycles. The van der Waals surface area contributed by atoms with E-state index >= 15 is 0 Å². The van der Waals surface area contributed by atoms with Gasteiger partial charge in [-0.3, -0.25) is 5.43 Å². The smallest absolute Gasteiger partial charge is 0.355 e. The van der Waals surface area contributed by atoms with Crippen molar-refractivity contribution in [3.8, 4) is 11.3 Å². The number of halogens is 5. The van der Waals surface area contributed by atoms with Crippen molar-refractivity contribution < 1.29 is 22.1 Å². The fourth-order valence-corrected chi connectivity index (χ4v) is 3.06. The molecule has 1 N–H and O–H groups in total. The number of benzene rings is 2. The number of rotatable bonds is 4. The van der Waals surface area contributed by atoms with E-state index in [1.807, 2.05) is 0 Å². The highest BCUT2D eigenvalue weighted by atomic mass is 35.5. The summed E-state index contributed by atoms with van der Waals surface area (Å²) in [7, 11) is 0. The zero-order valence-corrected chi connectivity index (χ0v) is 16.6. The summed E-state index contributed by atoms with van der Waals surface area (Å²) in [5.74, 6) is 0.106. The molecule has 0 bridgehead atoms. The molecule has 0 aliphatic carbocycles. The standard InChI is InChI=1S/C21H13ClF4N4O/c1-11(28-29-20-17(22)9-14(10-27-20)21(24,25)26)13-4-7-18-16(8-13)19(31-30-18)12-2-5-15(23)6-3-12/h2-10H,1H3,(H,27,29)/b28-11-. The van der Waals surface area contributed by atoms with Crippen LogP contribution in [-0.2, 0) is 6.18 Å². The largest absolute Gasteiger partial charge is 0.417 e. The molecule has 0 aliphatic heterocycles. The van der Waals surface area contributed by atoms with E-state index in [9.17, 15) is 17.6 Å². The van der Waals surface area contributed by atoms with Crippen LogP contribution in [0, 0.1) is 5.82 Å². The molecule has 0 radical (unpaired) electrons. The topological polar surface area (TPSA) is 63.3 Å². The lowest BCUT2D eigenvalue weighted by Crippen LogP contribution is -2.07. The summed E-state index contributed by atoms with van der Waals surface area (Å²) < 4.78 is 56.8. The average Bonchev–Trinajstić information content (AvgIpc) is 3.15. The Morgan fingerprint density at radius 2 is 1.84 bits per heavy atom. The Labute approximate surface area is 178 Å². The zero-order valence-electron chi connectivity index (χ0n) is 15.8. The van der Waals surface area contributed by atoms with Gasteiger partial charge in [-0.25, -0.2) is 9.37 Å². The number of alkyl halides is 3. The summed E-state index contributed by atoms with van der Waals surface area (Å²) >= 11 is 5.89. The monoisotopic (exact) mass is 448 g/mol. The summed E-state index contributed by atoms with van der Waals surface area (Å²) in [4.78, 5) is 3.69. The predicted octanol–water partition coefficient (Wildman–Crippen LogP) is 6.54. The van der Waals surface area contributed by atoms with Crippen LogP contribution in [-0.4, -0.2) is 15.9 Å². The van der Waals surface area contributed by atoms with Gasteiger partial charge in [0.15, 0.2) is 11.6 Å². The molecule has 31 heavy (non-hydrogen) atoms. The van der Waals surface area contributed by atoms with Gasteiger partial charge >= 0.3 is 6.18 Å². The highest BCUT2D eigenvalue weighted by Gasteiger charge is 2.31. The Kier molecular flexibility index (Phi) is 5.36. The number of fused-ring (bicyclic) bond motifs is 1. The van der Waals surface area contributed by atoms with Crippen LogP contribution in [0.1, 0.15) is 18.1 Å². The minimum Gasteiger partial charge on any atom is -0.355 e. The fourth-order valence-electron chi connectivity index (χ4n) is 2.85. The van der Waals surface area contributed by atoms with Crippen molar-refractivity contribution in [2.24, 2.45) is 5.10 Å². The highest BCUT2D eigenvalue weighted by molar-refractivity contribution is 6.33. The Morgan fingerprint density at radius 1 is 1.10 bits per heavy atom. The van der Waals surface area contributed by atoms with Crippen molar-refractivity contribution in [2.75, 3.05) is 5.43 Å². The van der Waals surface area contributed by atoms with Crippen molar-refractivity contribution >= 4 is 34.0 Å². The van der Waals surface area contributed by atoms with Gasteiger partial charge in [0.2, 0.25) is 0 Å². The Hall–Kier alpha value is -3.46. The second-order valence-electron chi connectivity index (χ2n) is 6.61. The lowest BCUT2D eigenvalue weighted by atomic mass is 10.0. The Morgan fingerprint density at radius 3 is 2.52 bits per heavy atom. The SMILES string of the molecule is C/C(=N/Nc1ncc(C(F)(F)F)cc1Cl)c1ccc2noc(-c3ccc(F)cc3)c2c1. The summed E-state index contributed by atoms with van der Waals surface area (Å²) in [6.07, 6.45) is -3.86. The van der Waals surface area contributed by atoms with Gasteiger partial charge < -0.3 is 4.52 Å². The van der Waals surface area contributed by atoms with Crippen molar-refractivity contribution in [3.63, 3.8) is 0 Å². The molecule has 0 unspecified atom stereocenters. The number of hydrazone groups is 1. The molecule has 0 aliphatic rings. The lowest BCUT2D eigenvalue weighted by Gasteiger charge is -2.09. The molecule has 2 aromatic heterocycles. The van der Waals surface area contributed by atoms with Gasteiger partial charge in [0, 0.05) is 11.8 Å². The molecule has 0 fully saturated rings. The van der Waals surface area contributed by atoms with Crippen LogP contribution in [0.5, 0.6) is 0 Å². The second-order valence-corrected chi connectivity index (χ2v) is 7.02. The first-order chi connectivity index (χ1) is 14.7. The van der Waals surface area contributed by atoms with E-state index in [0.717, 1.165) is 6.07 Å². The van der Waals surface area contributed by atoms with E-state index in [1.165, 1.54) is 12.1 Å². The van der Waals surface area contributed by atoms with Crippen molar-refractivity contribution in [3.05, 3.63) is 76.7 Å². The maximum atomic E-state index is 13.2. The zero-order chi connectivity index (χ0) is 22.2. The molecule has 4 rings (SSSR count). The van der Waals surface area contributed by atoms with Crippen molar-refractivity contribution in [1.82, 2.24) is 10.1 Å². The molecule has 4 aromatic rings. The van der Waals surface area contributed by atoms with E-state index < -0.39 is 11.7 Å². The molecular weight excluding hydrogens is 436 g/mol. The van der Waals surface area contributed by atoms with Gasteiger partial charge in [0.25, 0.3) is 0 Å². The molecule has 5 nitrogen and oxygen atoms in total. The number of nitrogens with one attached hydrogen (secondary N) is 1. The van der Waals surface area contributed by atoms with Gasteiger partial charge in [-0.1, -0.05) is 22.8 Å². The Balaban J connectivity index is 1.62. The maximum absolute atomic E-state index is 13.2. The lowest BCUT2D eigenvalue weighted by molar-refractivity contribution is -0.137. The quantitative estimate of drug-likeness (QED) is 0.219. The van der Waals surface area contributed by atoms with Gasteiger partial charge in [-0.15, -0.1) is 0 Å². The number of nitrogens with zero attached hydrogens (tertiary/aromatic N) is 3. The van der Waals surface area contributed by atoms with Crippen molar-refractivity contribution in [1.29, 1.82) is 0 Å². The molecular formula is C21H13ClF4N4O. The average molecular weight is 449 g/mol. The number of pyridine rings is 1. The van der Waals surface area contributed by atoms with Gasteiger partial charge in [0.05, 0.1) is 21.7 Å². The molecule has 0 atom stereocenters. The number of hydrogen-bond acceptors (Lipinski definition) is 5. The molecule has 10 heteroatoms. The van der Waals surface area contributed by atoms with E-state index in [0.29, 0.717) is 39.7 Å². The van der Waals surface area contributed by atoms with Gasteiger partial charge in [0.1, 0.15) is 11.3 Å². The first-order valence-corrected chi connectivity index (χ1v) is 9.29. The fraction of sp³-hybridized carbons (Fsp3) is 0.0952. The van der Waals surface area contributed by atoms with E-state index in [4.69, 9.17) is 16.1 Å². The van der Waals surface area contributed by atoms with E-state index in [1.54, 1.807) is 37.3 Å². The third-order valence-corrected chi connectivity index (χ3v) is 4.79. The molecule has 0 amide bonds. The van der Waals surface area contributed by atoms with Crippen LogP contribution in [0.25, 0.3) is 22.2 Å². The number of aromatic nitrogens is 2. The molecule has 2 aromatic carbocycles. The first-order valence-electron chi connectivity index (χ1n) is 8.91. The van der Waals surface area contributed by atoms with E-state index in [2.05, 4.69) is 20.7 Å². The molecule has 0 saturated carbocycles. The van der Waals surface area contributed by atoms with Crippen molar-refractivity contribution in [2.45, 2.75) is 13.1 Å². The highest BCUT2D eigenvalue weighted by Crippen LogP contribution is 2.33. The summed E-state index contributed by atoms with van der Waals surface area (Å²) in [6.45, 7) is 1.71. The maximum Gasteiger partial charge on any atom is 0.417 e. The van der Waals surface area contributed by atoms with Crippen LogP contribution in [0.2, 0.25) is 5.02 Å². The molecule has 0 spiro atoms. The van der Waals surface area contributed by atoms with Crippen LogP contribution >= 0.6 is 11.6 Å². The second kappa shape index (κ2) is 7.99.